The molecule has 0 spiro atoms. The maximum Gasteiger partial charge on any atom is 0.227 e. The lowest BCUT2D eigenvalue weighted by atomic mass is 10.1. The first kappa shape index (κ1) is 14.3. The second-order valence-electron chi connectivity index (χ2n) is 4.64. The van der Waals surface area contributed by atoms with Gasteiger partial charge in [-0.25, -0.2) is 0 Å². The molecule has 1 aliphatic heterocycles. The first-order valence-electron chi connectivity index (χ1n) is 6.43. The van der Waals surface area contributed by atoms with Crippen molar-refractivity contribution < 1.29 is 19.1 Å². The van der Waals surface area contributed by atoms with Gasteiger partial charge in [0.2, 0.25) is 11.8 Å². The highest BCUT2D eigenvalue weighted by atomic mass is 16.5. The van der Waals surface area contributed by atoms with Gasteiger partial charge in [0, 0.05) is 25.8 Å². The van der Waals surface area contributed by atoms with Crippen LogP contribution < -0.4 is 15.4 Å². The number of nitrogens with zero attached hydrogens (tertiary/aromatic N) is 1. The topological polar surface area (TPSA) is 81.9 Å². The van der Waals surface area contributed by atoms with E-state index in [1.807, 2.05) is 0 Å². The van der Waals surface area contributed by atoms with Crippen LogP contribution in [0.4, 0.5) is 5.69 Å². The normalized spacial score (nSPS) is 18.4. The molecule has 0 aliphatic carbocycles. The van der Waals surface area contributed by atoms with Crippen LogP contribution in [0.5, 0.6) is 5.75 Å². The molecule has 0 saturated carbocycles. The molecule has 1 atom stereocenters. The van der Waals surface area contributed by atoms with Crippen molar-refractivity contribution in [2.45, 2.75) is 6.42 Å². The van der Waals surface area contributed by atoms with Gasteiger partial charge in [-0.15, -0.1) is 0 Å². The van der Waals surface area contributed by atoms with Crippen LogP contribution in [-0.4, -0.2) is 38.7 Å². The number of carbonyl (C=O) groups is 2. The lowest BCUT2D eigenvalue weighted by Crippen LogP contribution is -2.28. The summed E-state index contributed by atoms with van der Waals surface area (Å²) >= 11 is 0. The van der Waals surface area contributed by atoms with Gasteiger partial charge in [0.1, 0.15) is 12.4 Å². The average molecular weight is 278 g/mol. The smallest absolute Gasteiger partial charge is 0.227 e. The first-order valence-corrected chi connectivity index (χ1v) is 6.43. The highest BCUT2D eigenvalue weighted by Crippen LogP contribution is 2.26. The van der Waals surface area contributed by atoms with E-state index in [9.17, 15) is 9.59 Å². The monoisotopic (exact) mass is 278 g/mol. The summed E-state index contributed by atoms with van der Waals surface area (Å²) < 4.78 is 10.3. The van der Waals surface area contributed by atoms with Crippen molar-refractivity contribution in [3.8, 4) is 5.75 Å². The van der Waals surface area contributed by atoms with E-state index in [2.05, 4.69) is 0 Å². The second kappa shape index (κ2) is 6.38. The van der Waals surface area contributed by atoms with E-state index in [1.54, 1.807) is 36.3 Å². The molecule has 1 saturated heterocycles. The molecule has 108 valence electrons. The fourth-order valence-electron chi connectivity index (χ4n) is 2.11. The Morgan fingerprint density at radius 1 is 1.35 bits per heavy atom. The molecular weight excluding hydrogens is 260 g/mol. The minimum absolute atomic E-state index is 0.0816. The Bertz CT molecular complexity index is 486. The molecule has 6 nitrogen and oxygen atoms in total. The molecular formula is C14H18N2O4. The molecule has 2 rings (SSSR count). The molecule has 1 unspecified atom stereocenters. The van der Waals surface area contributed by atoms with Gasteiger partial charge in [0.15, 0.2) is 0 Å². The number of ether oxygens (including phenoxy) is 2. The maximum absolute atomic E-state index is 11.9. The number of rotatable bonds is 6. The Labute approximate surface area is 117 Å². The summed E-state index contributed by atoms with van der Waals surface area (Å²) in [6, 6.07) is 7.17. The summed E-state index contributed by atoms with van der Waals surface area (Å²) in [6.07, 6.45) is 0.182. The third-order valence-electron chi connectivity index (χ3n) is 3.23. The van der Waals surface area contributed by atoms with Gasteiger partial charge >= 0.3 is 0 Å². The summed E-state index contributed by atoms with van der Waals surface area (Å²) in [5.41, 5.74) is 5.99. The van der Waals surface area contributed by atoms with Crippen LogP contribution in [0.3, 0.4) is 0 Å². The number of hydrogen-bond acceptors (Lipinski definition) is 4. The highest BCUT2D eigenvalue weighted by molar-refractivity contribution is 6.00. The van der Waals surface area contributed by atoms with Gasteiger partial charge in [0.05, 0.1) is 12.5 Å². The standard InChI is InChI=1S/C14H18N2O4/c1-19-6-7-20-12-4-2-11(3-5-12)16-9-10(14(15)18)8-13(16)17/h2-5,10H,6-9H2,1H3,(H2,15,18). The predicted molar refractivity (Wildman–Crippen MR) is 73.5 cm³/mol. The minimum atomic E-state index is -0.430. The van der Waals surface area contributed by atoms with E-state index >= 15 is 0 Å². The van der Waals surface area contributed by atoms with Crippen molar-refractivity contribution in [1.82, 2.24) is 0 Å². The van der Waals surface area contributed by atoms with E-state index in [0.29, 0.717) is 25.5 Å². The van der Waals surface area contributed by atoms with E-state index < -0.39 is 11.8 Å². The summed E-state index contributed by atoms with van der Waals surface area (Å²) in [6.45, 7) is 1.34. The summed E-state index contributed by atoms with van der Waals surface area (Å²) in [5, 5.41) is 0. The third kappa shape index (κ3) is 3.27. The Balaban J connectivity index is 1.99. The van der Waals surface area contributed by atoms with Crippen LogP contribution in [-0.2, 0) is 14.3 Å². The fraction of sp³-hybridized carbons (Fsp3) is 0.429. The van der Waals surface area contributed by atoms with Crippen molar-refractivity contribution in [1.29, 1.82) is 0 Å². The van der Waals surface area contributed by atoms with Gasteiger partial charge in [0.25, 0.3) is 0 Å². The maximum atomic E-state index is 11.9. The number of anilines is 1. The van der Waals surface area contributed by atoms with Crippen molar-refractivity contribution in [3.63, 3.8) is 0 Å². The number of carbonyl (C=O) groups excluding carboxylic acids is 2. The largest absolute Gasteiger partial charge is 0.491 e. The molecule has 6 heteroatoms. The molecule has 1 fully saturated rings. The fourth-order valence-corrected chi connectivity index (χ4v) is 2.11. The van der Waals surface area contributed by atoms with Crippen molar-refractivity contribution in [2.75, 3.05) is 31.8 Å². The number of benzene rings is 1. The number of amides is 2. The number of hydrogen-bond donors (Lipinski definition) is 1. The molecule has 1 heterocycles. The molecule has 0 radical (unpaired) electrons. The lowest BCUT2D eigenvalue weighted by Gasteiger charge is -2.16. The Morgan fingerprint density at radius 3 is 2.60 bits per heavy atom. The van der Waals surface area contributed by atoms with Crippen LogP contribution in [0.25, 0.3) is 0 Å². The van der Waals surface area contributed by atoms with Gasteiger partial charge in [-0.05, 0) is 24.3 Å². The van der Waals surface area contributed by atoms with Crippen LogP contribution in [0.2, 0.25) is 0 Å². The van der Waals surface area contributed by atoms with Crippen LogP contribution >= 0.6 is 0 Å². The molecule has 1 aromatic rings. The molecule has 20 heavy (non-hydrogen) atoms. The Kier molecular flexibility index (Phi) is 4.57. The van der Waals surface area contributed by atoms with Crippen molar-refractivity contribution in [3.05, 3.63) is 24.3 Å². The van der Waals surface area contributed by atoms with Gasteiger partial charge in [-0.3, -0.25) is 9.59 Å². The minimum Gasteiger partial charge on any atom is -0.491 e. The second-order valence-corrected chi connectivity index (χ2v) is 4.64. The van der Waals surface area contributed by atoms with Gasteiger partial charge < -0.3 is 20.1 Å². The Morgan fingerprint density at radius 2 is 2.05 bits per heavy atom. The SMILES string of the molecule is COCCOc1ccc(N2CC(C(N)=O)CC2=O)cc1. The van der Waals surface area contributed by atoms with E-state index in [1.165, 1.54) is 0 Å². The highest BCUT2D eigenvalue weighted by Gasteiger charge is 2.33. The zero-order valence-electron chi connectivity index (χ0n) is 11.4. The van der Waals surface area contributed by atoms with Crippen molar-refractivity contribution >= 4 is 17.5 Å². The van der Waals surface area contributed by atoms with E-state index in [-0.39, 0.29) is 12.3 Å². The summed E-state index contributed by atoms with van der Waals surface area (Å²) in [7, 11) is 1.61. The Hall–Kier alpha value is -2.08. The molecule has 2 amide bonds. The molecule has 1 aliphatic rings. The number of nitrogens with two attached hydrogens (primary N) is 1. The molecule has 0 aromatic heterocycles. The lowest BCUT2D eigenvalue weighted by molar-refractivity contribution is -0.123. The zero-order valence-corrected chi connectivity index (χ0v) is 11.4. The van der Waals surface area contributed by atoms with Gasteiger partial charge in [-0.2, -0.15) is 0 Å². The molecule has 0 bridgehead atoms. The van der Waals surface area contributed by atoms with Gasteiger partial charge in [-0.1, -0.05) is 0 Å². The third-order valence-corrected chi connectivity index (χ3v) is 3.23. The van der Waals surface area contributed by atoms with E-state index in [4.69, 9.17) is 15.2 Å². The molecule has 2 N–H and O–H groups in total. The van der Waals surface area contributed by atoms with Crippen LogP contribution in [0.1, 0.15) is 6.42 Å². The zero-order chi connectivity index (χ0) is 14.5. The first-order chi connectivity index (χ1) is 9.61. The quantitative estimate of drug-likeness (QED) is 0.770. The average Bonchev–Trinajstić information content (AvgIpc) is 2.82. The predicted octanol–water partition coefficient (Wildman–Crippen LogP) is 0.550. The molecule has 1 aromatic carbocycles. The van der Waals surface area contributed by atoms with E-state index in [0.717, 1.165) is 5.69 Å². The van der Waals surface area contributed by atoms with Crippen molar-refractivity contribution in [2.24, 2.45) is 11.7 Å². The van der Waals surface area contributed by atoms with Crippen LogP contribution in [0, 0.1) is 5.92 Å². The number of primary amides is 1. The number of methoxy groups -OCH3 is 1. The summed E-state index contributed by atoms with van der Waals surface area (Å²) in [5.74, 6) is -0.203. The van der Waals surface area contributed by atoms with Crippen LogP contribution in [0.15, 0.2) is 24.3 Å². The summed E-state index contributed by atoms with van der Waals surface area (Å²) in [4.78, 5) is 24.6.